The third kappa shape index (κ3) is 2.88. The summed E-state index contributed by atoms with van der Waals surface area (Å²) in [5, 5.41) is 0.903. The lowest BCUT2D eigenvalue weighted by Gasteiger charge is -2.10. The average Bonchev–Trinajstić information content (AvgIpc) is 3.05. The number of ether oxygens (including phenoxy) is 1. The van der Waals surface area contributed by atoms with Crippen LogP contribution in [0.2, 0.25) is 0 Å². The van der Waals surface area contributed by atoms with Crippen molar-refractivity contribution in [1.82, 2.24) is 4.98 Å². The monoisotopic (exact) mass is 335 g/mol. The van der Waals surface area contributed by atoms with Crippen LogP contribution >= 0.6 is 11.3 Å². The van der Waals surface area contributed by atoms with Crippen LogP contribution in [0.25, 0.3) is 20.8 Å². The van der Waals surface area contributed by atoms with Gasteiger partial charge in [-0.3, -0.25) is 0 Å². The number of hydrogen-bond donors (Lipinski definition) is 0. The van der Waals surface area contributed by atoms with Crippen LogP contribution in [-0.2, 0) is 6.61 Å². The van der Waals surface area contributed by atoms with E-state index in [9.17, 15) is 4.39 Å². The molecule has 0 aliphatic carbocycles. The number of rotatable bonds is 4. The number of hydrogen-bond acceptors (Lipinski definition) is 3. The SMILES string of the molecule is Fc1ccccc1COc1ccccc1-c1nc2ccccc2s1. The Labute approximate surface area is 143 Å². The van der Waals surface area contributed by atoms with E-state index >= 15 is 0 Å². The number of halogens is 1. The van der Waals surface area contributed by atoms with Crippen molar-refractivity contribution in [2.24, 2.45) is 0 Å². The van der Waals surface area contributed by atoms with E-state index in [1.54, 1.807) is 29.5 Å². The first-order valence-electron chi connectivity index (χ1n) is 7.62. The van der Waals surface area contributed by atoms with Gasteiger partial charge in [-0.1, -0.05) is 42.5 Å². The maximum atomic E-state index is 13.8. The summed E-state index contributed by atoms with van der Waals surface area (Å²) < 4.78 is 20.8. The van der Waals surface area contributed by atoms with Crippen molar-refractivity contribution < 1.29 is 9.13 Å². The summed E-state index contributed by atoms with van der Waals surface area (Å²) in [4.78, 5) is 4.68. The van der Waals surface area contributed by atoms with E-state index in [4.69, 9.17) is 4.74 Å². The summed E-state index contributed by atoms with van der Waals surface area (Å²) in [7, 11) is 0. The minimum atomic E-state index is -0.255. The molecular weight excluding hydrogens is 321 g/mol. The summed E-state index contributed by atoms with van der Waals surface area (Å²) >= 11 is 1.62. The molecule has 1 heterocycles. The van der Waals surface area contributed by atoms with Gasteiger partial charge in [0.05, 0.1) is 15.8 Å². The van der Waals surface area contributed by atoms with E-state index in [2.05, 4.69) is 11.1 Å². The molecule has 0 saturated heterocycles. The first-order valence-corrected chi connectivity index (χ1v) is 8.44. The van der Waals surface area contributed by atoms with Crippen molar-refractivity contribution in [3.05, 3.63) is 84.2 Å². The summed E-state index contributed by atoms with van der Waals surface area (Å²) in [6.07, 6.45) is 0. The fourth-order valence-corrected chi connectivity index (χ4v) is 3.52. The van der Waals surface area contributed by atoms with Crippen LogP contribution in [0.1, 0.15) is 5.56 Å². The van der Waals surface area contributed by atoms with Crippen LogP contribution in [0.4, 0.5) is 4.39 Å². The first-order chi connectivity index (χ1) is 11.8. The number of para-hydroxylation sites is 2. The highest BCUT2D eigenvalue weighted by Gasteiger charge is 2.12. The van der Waals surface area contributed by atoms with E-state index < -0.39 is 0 Å². The van der Waals surface area contributed by atoms with Gasteiger partial charge in [0.25, 0.3) is 0 Å². The minimum absolute atomic E-state index is 0.189. The van der Waals surface area contributed by atoms with Crippen LogP contribution in [0.3, 0.4) is 0 Å². The molecule has 0 radical (unpaired) electrons. The Hall–Kier alpha value is -2.72. The van der Waals surface area contributed by atoms with Gasteiger partial charge in [0.15, 0.2) is 0 Å². The molecule has 0 atom stereocenters. The highest BCUT2D eigenvalue weighted by Crippen LogP contribution is 2.35. The predicted molar refractivity (Wildman–Crippen MR) is 95.8 cm³/mol. The molecule has 0 saturated carbocycles. The fraction of sp³-hybridized carbons (Fsp3) is 0.0500. The van der Waals surface area contributed by atoms with E-state index in [1.165, 1.54) is 6.07 Å². The molecule has 0 unspecified atom stereocenters. The van der Waals surface area contributed by atoms with Gasteiger partial charge >= 0.3 is 0 Å². The normalized spacial score (nSPS) is 10.9. The average molecular weight is 335 g/mol. The van der Waals surface area contributed by atoms with E-state index in [1.807, 2.05) is 42.5 Å². The molecule has 1 aromatic heterocycles. The van der Waals surface area contributed by atoms with Crippen molar-refractivity contribution in [3.63, 3.8) is 0 Å². The van der Waals surface area contributed by atoms with Gasteiger partial charge in [0.1, 0.15) is 23.2 Å². The molecular formula is C20H14FNOS. The quantitative estimate of drug-likeness (QED) is 0.478. The number of nitrogens with zero attached hydrogens (tertiary/aromatic N) is 1. The summed E-state index contributed by atoms with van der Waals surface area (Å²) in [6, 6.07) is 22.4. The molecule has 2 nitrogen and oxygen atoms in total. The zero-order valence-electron chi connectivity index (χ0n) is 12.8. The zero-order chi connectivity index (χ0) is 16.4. The number of aromatic nitrogens is 1. The molecule has 118 valence electrons. The van der Waals surface area contributed by atoms with Crippen LogP contribution in [0.5, 0.6) is 5.75 Å². The van der Waals surface area contributed by atoms with Crippen LogP contribution < -0.4 is 4.74 Å². The molecule has 24 heavy (non-hydrogen) atoms. The maximum Gasteiger partial charge on any atom is 0.130 e. The Morgan fingerprint density at radius 2 is 1.62 bits per heavy atom. The summed E-state index contributed by atoms with van der Waals surface area (Å²) in [6.45, 7) is 0.189. The predicted octanol–water partition coefficient (Wildman–Crippen LogP) is 5.68. The van der Waals surface area contributed by atoms with Gasteiger partial charge in [-0.15, -0.1) is 11.3 Å². The maximum absolute atomic E-state index is 13.8. The topological polar surface area (TPSA) is 22.1 Å². The van der Waals surface area contributed by atoms with E-state index in [0.29, 0.717) is 11.3 Å². The lowest BCUT2D eigenvalue weighted by molar-refractivity contribution is 0.301. The molecule has 4 rings (SSSR count). The fourth-order valence-electron chi connectivity index (χ4n) is 2.53. The Morgan fingerprint density at radius 1 is 0.875 bits per heavy atom. The number of thiazole rings is 1. The molecule has 0 bridgehead atoms. The minimum Gasteiger partial charge on any atom is -0.488 e. The van der Waals surface area contributed by atoms with Crippen molar-refractivity contribution >= 4 is 21.6 Å². The Bertz CT molecular complexity index is 963. The zero-order valence-corrected chi connectivity index (χ0v) is 13.6. The van der Waals surface area contributed by atoms with Gasteiger partial charge in [-0.05, 0) is 30.3 Å². The molecule has 4 heteroatoms. The van der Waals surface area contributed by atoms with Gasteiger partial charge in [0.2, 0.25) is 0 Å². The van der Waals surface area contributed by atoms with Crippen molar-refractivity contribution in [3.8, 4) is 16.3 Å². The molecule has 0 aliphatic heterocycles. The van der Waals surface area contributed by atoms with Gasteiger partial charge in [0, 0.05) is 5.56 Å². The van der Waals surface area contributed by atoms with Gasteiger partial charge in [-0.25, -0.2) is 9.37 Å². The van der Waals surface area contributed by atoms with Gasteiger partial charge in [-0.2, -0.15) is 0 Å². The highest BCUT2D eigenvalue weighted by molar-refractivity contribution is 7.21. The van der Waals surface area contributed by atoms with Crippen LogP contribution in [0.15, 0.2) is 72.8 Å². The molecule has 0 aliphatic rings. The summed E-state index contributed by atoms with van der Waals surface area (Å²) in [5.74, 6) is 0.453. The Morgan fingerprint density at radius 3 is 2.50 bits per heavy atom. The third-order valence-corrected chi connectivity index (χ3v) is 4.82. The van der Waals surface area contributed by atoms with Crippen molar-refractivity contribution in [1.29, 1.82) is 0 Å². The Kier molecular flexibility index (Phi) is 3.97. The third-order valence-electron chi connectivity index (χ3n) is 3.75. The molecule has 3 aromatic carbocycles. The van der Waals surface area contributed by atoms with Crippen LogP contribution in [-0.4, -0.2) is 4.98 Å². The Balaban J connectivity index is 1.66. The number of fused-ring (bicyclic) bond motifs is 1. The van der Waals surface area contributed by atoms with E-state index in [0.717, 1.165) is 20.8 Å². The second kappa shape index (κ2) is 6.42. The van der Waals surface area contributed by atoms with Gasteiger partial charge < -0.3 is 4.74 Å². The summed E-state index contributed by atoms with van der Waals surface area (Å²) in [5.41, 5.74) is 2.44. The molecule has 0 N–H and O–H groups in total. The highest BCUT2D eigenvalue weighted by atomic mass is 32.1. The smallest absolute Gasteiger partial charge is 0.130 e. The van der Waals surface area contributed by atoms with Crippen molar-refractivity contribution in [2.45, 2.75) is 6.61 Å². The van der Waals surface area contributed by atoms with E-state index in [-0.39, 0.29) is 12.4 Å². The lowest BCUT2D eigenvalue weighted by Crippen LogP contribution is -1.99. The van der Waals surface area contributed by atoms with Crippen molar-refractivity contribution in [2.75, 3.05) is 0 Å². The molecule has 0 fully saturated rings. The second-order valence-electron chi connectivity index (χ2n) is 5.36. The molecule has 4 aromatic rings. The standard InChI is InChI=1S/C20H14FNOS/c21-16-9-3-1-7-14(16)13-23-18-11-5-2-8-15(18)20-22-17-10-4-6-12-19(17)24-20/h1-12H,13H2. The lowest BCUT2D eigenvalue weighted by atomic mass is 10.2. The first kappa shape index (κ1) is 14.8. The number of benzene rings is 3. The second-order valence-corrected chi connectivity index (χ2v) is 6.39. The largest absolute Gasteiger partial charge is 0.488 e. The van der Waals surface area contributed by atoms with Crippen LogP contribution in [0, 0.1) is 5.82 Å². The molecule has 0 spiro atoms. The molecule has 0 amide bonds.